The summed E-state index contributed by atoms with van der Waals surface area (Å²) in [6, 6.07) is 11.8. The molecule has 1 amide bonds. The molecule has 0 aliphatic rings. The van der Waals surface area contributed by atoms with Gasteiger partial charge in [-0.25, -0.2) is 0 Å². The maximum atomic E-state index is 12.3. The van der Waals surface area contributed by atoms with Gasteiger partial charge in [0.25, 0.3) is 0 Å². The number of aromatic nitrogens is 5. The zero-order valence-electron chi connectivity index (χ0n) is 14.7. The van der Waals surface area contributed by atoms with Crippen molar-refractivity contribution >= 4 is 17.7 Å². The lowest BCUT2D eigenvalue weighted by atomic mass is 10.2. The second-order valence-corrected chi connectivity index (χ2v) is 7.18. The topological polar surface area (TPSA) is 85.6 Å². The van der Waals surface area contributed by atoms with E-state index in [1.54, 1.807) is 17.1 Å². The number of nitrogens with zero attached hydrogens (tertiary/aromatic N) is 5. The van der Waals surface area contributed by atoms with Gasteiger partial charge in [0.1, 0.15) is 0 Å². The van der Waals surface area contributed by atoms with E-state index in [2.05, 4.69) is 25.8 Å². The Morgan fingerprint density at radius 3 is 2.96 bits per heavy atom. The van der Waals surface area contributed by atoms with Gasteiger partial charge in [-0.05, 0) is 60.0 Å². The summed E-state index contributed by atoms with van der Waals surface area (Å²) in [5.74, 6) is -0.0438. The van der Waals surface area contributed by atoms with E-state index in [9.17, 15) is 4.79 Å². The predicted octanol–water partition coefficient (Wildman–Crippen LogP) is 2.21. The molecule has 0 fully saturated rings. The first-order valence-electron chi connectivity index (χ1n) is 8.32. The highest BCUT2D eigenvalue weighted by Gasteiger charge is 2.19. The molecule has 0 spiro atoms. The summed E-state index contributed by atoms with van der Waals surface area (Å²) in [7, 11) is 0. The SMILES string of the molecule is Cc1cccc(-n2nnnc2S[C@@H](C)C(=O)NCCc2cccnc2)c1. The van der Waals surface area contributed by atoms with Crippen molar-refractivity contribution < 1.29 is 4.79 Å². The van der Waals surface area contributed by atoms with Crippen LogP contribution in [0.2, 0.25) is 0 Å². The molecule has 0 unspecified atom stereocenters. The van der Waals surface area contributed by atoms with Crippen LogP contribution >= 0.6 is 11.8 Å². The molecule has 3 rings (SSSR count). The third kappa shape index (κ3) is 4.66. The molecule has 26 heavy (non-hydrogen) atoms. The monoisotopic (exact) mass is 368 g/mol. The number of benzene rings is 1. The second-order valence-electron chi connectivity index (χ2n) is 5.87. The van der Waals surface area contributed by atoms with Crippen molar-refractivity contribution in [1.82, 2.24) is 30.5 Å². The first-order chi connectivity index (χ1) is 12.6. The summed E-state index contributed by atoms with van der Waals surface area (Å²) >= 11 is 1.33. The molecule has 8 heteroatoms. The van der Waals surface area contributed by atoms with E-state index in [1.165, 1.54) is 11.8 Å². The number of pyridine rings is 1. The van der Waals surface area contributed by atoms with E-state index in [4.69, 9.17) is 0 Å². The lowest BCUT2D eigenvalue weighted by molar-refractivity contribution is -0.120. The summed E-state index contributed by atoms with van der Waals surface area (Å²) in [4.78, 5) is 16.4. The van der Waals surface area contributed by atoms with Crippen molar-refractivity contribution in [1.29, 1.82) is 0 Å². The summed E-state index contributed by atoms with van der Waals surface area (Å²) in [5, 5.41) is 15.1. The quantitative estimate of drug-likeness (QED) is 0.644. The van der Waals surface area contributed by atoms with Gasteiger partial charge in [0.05, 0.1) is 10.9 Å². The molecule has 1 N–H and O–H groups in total. The maximum absolute atomic E-state index is 12.3. The predicted molar refractivity (Wildman–Crippen MR) is 100 cm³/mol. The van der Waals surface area contributed by atoms with Crippen molar-refractivity contribution in [3.63, 3.8) is 0 Å². The molecule has 2 aromatic heterocycles. The van der Waals surface area contributed by atoms with E-state index >= 15 is 0 Å². The van der Waals surface area contributed by atoms with E-state index in [0.29, 0.717) is 11.7 Å². The third-order valence-corrected chi connectivity index (χ3v) is 4.81. The molecule has 1 aromatic carbocycles. The van der Waals surface area contributed by atoms with Crippen LogP contribution in [0.25, 0.3) is 5.69 Å². The highest BCUT2D eigenvalue weighted by Crippen LogP contribution is 2.23. The molecular weight excluding hydrogens is 348 g/mol. The molecule has 0 aliphatic carbocycles. The van der Waals surface area contributed by atoms with Crippen LogP contribution in [-0.4, -0.2) is 42.9 Å². The lowest BCUT2D eigenvalue weighted by Crippen LogP contribution is -2.32. The van der Waals surface area contributed by atoms with Crippen LogP contribution < -0.4 is 5.32 Å². The molecular formula is C18H20N6OS. The minimum Gasteiger partial charge on any atom is -0.355 e. The molecule has 7 nitrogen and oxygen atoms in total. The van der Waals surface area contributed by atoms with Crippen molar-refractivity contribution in [2.75, 3.05) is 6.54 Å². The van der Waals surface area contributed by atoms with Crippen LogP contribution in [0.5, 0.6) is 0 Å². The highest BCUT2D eigenvalue weighted by atomic mass is 32.2. The van der Waals surface area contributed by atoms with Crippen LogP contribution in [0.3, 0.4) is 0 Å². The first kappa shape index (κ1) is 18.1. The Kier molecular flexibility index (Phi) is 5.96. The molecule has 0 bridgehead atoms. The number of aryl methyl sites for hydroxylation is 1. The van der Waals surface area contributed by atoms with E-state index in [-0.39, 0.29) is 11.2 Å². The lowest BCUT2D eigenvalue weighted by Gasteiger charge is -2.12. The average Bonchev–Trinajstić information content (AvgIpc) is 3.10. The summed E-state index contributed by atoms with van der Waals surface area (Å²) in [6.45, 7) is 4.43. The van der Waals surface area contributed by atoms with Crippen LogP contribution in [0, 0.1) is 6.92 Å². The average molecular weight is 368 g/mol. The molecule has 0 radical (unpaired) electrons. The van der Waals surface area contributed by atoms with E-state index < -0.39 is 0 Å². The fourth-order valence-corrected chi connectivity index (χ4v) is 3.24. The van der Waals surface area contributed by atoms with Crippen LogP contribution in [-0.2, 0) is 11.2 Å². The zero-order chi connectivity index (χ0) is 18.4. The molecule has 134 valence electrons. The Morgan fingerprint density at radius 1 is 1.31 bits per heavy atom. The number of carbonyl (C=O) groups excluding carboxylic acids is 1. The Balaban J connectivity index is 1.57. The summed E-state index contributed by atoms with van der Waals surface area (Å²) in [5.41, 5.74) is 3.09. The molecule has 1 atom stereocenters. The number of carbonyl (C=O) groups is 1. The first-order valence-corrected chi connectivity index (χ1v) is 9.20. The zero-order valence-corrected chi connectivity index (χ0v) is 15.5. The second kappa shape index (κ2) is 8.57. The van der Waals surface area contributed by atoms with Gasteiger partial charge >= 0.3 is 0 Å². The normalized spacial score (nSPS) is 11.9. The third-order valence-electron chi connectivity index (χ3n) is 3.77. The van der Waals surface area contributed by atoms with Gasteiger partial charge in [-0.3, -0.25) is 9.78 Å². The van der Waals surface area contributed by atoms with Gasteiger partial charge in [-0.15, -0.1) is 5.10 Å². The largest absolute Gasteiger partial charge is 0.355 e. The van der Waals surface area contributed by atoms with Crippen molar-refractivity contribution in [3.8, 4) is 5.69 Å². The molecule has 3 aromatic rings. The number of hydrogen-bond donors (Lipinski definition) is 1. The fraction of sp³-hybridized carbons (Fsp3) is 0.278. The van der Waals surface area contributed by atoms with Crippen LogP contribution in [0.1, 0.15) is 18.1 Å². The van der Waals surface area contributed by atoms with Crippen molar-refractivity contribution in [3.05, 3.63) is 59.9 Å². The Morgan fingerprint density at radius 2 is 2.19 bits per heavy atom. The highest BCUT2D eigenvalue weighted by molar-refractivity contribution is 8.00. The van der Waals surface area contributed by atoms with Gasteiger partial charge in [0.15, 0.2) is 0 Å². The van der Waals surface area contributed by atoms with Gasteiger partial charge in [0.2, 0.25) is 11.1 Å². The minimum absolute atomic E-state index is 0.0438. The molecule has 0 saturated carbocycles. The Bertz CT molecular complexity index is 867. The molecule has 0 saturated heterocycles. The Labute approximate surface area is 156 Å². The number of hydrogen-bond acceptors (Lipinski definition) is 6. The van der Waals surface area contributed by atoms with Gasteiger partial charge < -0.3 is 5.32 Å². The number of amides is 1. The maximum Gasteiger partial charge on any atom is 0.233 e. The smallest absolute Gasteiger partial charge is 0.233 e. The number of tetrazole rings is 1. The Hall–Kier alpha value is -2.74. The molecule has 2 heterocycles. The minimum atomic E-state index is -0.307. The van der Waals surface area contributed by atoms with Gasteiger partial charge in [-0.1, -0.05) is 30.0 Å². The van der Waals surface area contributed by atoms with Crippen LogP contribution in [0.4, 0.5) is 0 Å². The number of thioether (sulfide) groups is 1. The van der Waals surface area contributed by atoms with Gasteiger partial charge in [-0.2, -0.15) is 4.68 Å². The molecule has 0 aliphatic heterocycles. The summed E-state index contributed by atoms with van der Waals surface area (Å²) in [6.07, 6.45) is 4.29. The summed E-state index contributed by atoms with van der Waals surface area (Å²) < 4.78 is 1.65. The van der Waals surface area contributed by atoms with Gasteiger partial charge in [0, 0.05) is 18.9 Å². The fourth-order valence-electron chi connectivity index (χ4n) is 2.41. The van der Waals surface area contributed by atoms with Crippen molar-refractivity contribution in [2.45, 2.75) is 30.7 Å². The van der Waals surface area contributed by atoms with Crippen molar-refractivity contribution in [2.24, 2.45) is 0 Å². The van der Waals surface area contributed by atoms with E-state index in [0.717, 1.165) is 23.2 Å². The van der Waals surface area contributed by atoms with Crippen LogP contribution in [0.15, 0.2) is 53.9 Å². The van der Waals surface area contributed by atoms with E-state index in [1.807, 2.05) is 50.2 Å². The number of nitrogens with one attached hydrogen (secondary N) is 1. The standard InChI is InChI=1S/C18H20N6OS/c1-13-5-3-7-16(11-13)24-18(21-22-23-24)26-14(2)17(25)20-10-8-15-6-4-9-19-12-15/h3-7,9,11-12,14H,8,10H2,1-2H3,(H,20,25)/t14-/m0/s1. The number of rotatable bonds is 7.